The van der Waals surface area contributed by atoms with Gasteiger partial charge in [-0.25, -0.2) is 0 Å². The third-order valence-corrected chi connectivity index (χ3v) is 19.9. The standard InChI is InChI=1S/C60H101N3O45/c1-13-28(73)37(82)41(86)55(94-13)93-12-24-48(34(79)25(52(91)95-24)61-14(2)70)103-53-26(62-15(3)71)35(80)47(22(10-69)100-53)105-59-45(90)50(33(78)23(102-59)11-92-56-44(89)49(32(77)20(8-67)96-56)106-58-43(88)39(84)30(75)18(6-65)98-58)107-60-51(40(85)31(76)19(7-66)99-60)108-54-27(63-16(4)72)36(81)46(21(9-68)101-54)104-57-42(87)38(83)29(74)17(5-64)97-57/h13,17-60,64-69,73-91H,5-12H2,1-4H3,(H,61,70)(H,62,71)(H,63,72)/t13-,17+,18+,19+,20+,21+,22+,23+,24+,25+,26+,27+,28+,29-,30+,31+,32+,33+,34+,35+,36+,37+,38-,39-,40-,41-,42+,43-,44-,45-,46+,47+,48+,49-,50-,51-,52?,53-,54-,55+,56-,57-,58+,59+,60+/m0/s1. The van der Waals surface area contributed by atoms with Gasteiger partial charge in [0.15, 0.2) is 56.6 Å². The highest BCUT2D eigenvalue weighted by atomic mass is 16.8. The van der Waals surface area contributed by atoms with Gasteiger partial charge in [0.25, 0.3) is 0 Å². The summed E-state index contributed by atoms with van der Waals surface area (Å²) in [5.41, 5.74) is 0. The van der Waals surface area contributed by atoms with Crippen molar-refractivity contribution < 1.29 is 223 Å². The fourth-order valence-electron chi connectivity index (χ4n) is 13.9. The maximum absolute atomic E-state index is 13.1. The van der Waals surface area contributed by atoms with E-state index >= 15 is 0 Å². The number of ether oxygens (including phenoxy) is 17. The van der Waals surface area contributed by atoms with E-state index in [1.54, 1.807) is 0 Å². The van der Waals surface area contributed by atoms with E-state index in [1.165, 1.54) is 6.92 Å². The van der Waals surface area contributed by atoms with Crippen LogP contribution in [0.4, 0.5) is 0 Å². The van der Waals surface area contributed by atoms with Crippen LogP contribution in [0.15, 0.2) is 0 Å². The van der Waals surface area contributed by atoms with Crippen molar-refractivity contribution in [3.8, 4) is 0 Å². The molecule has 108 heavy (non-hydrogen) atoms. The molecule has 45 atom stereocenters. The highest BCUT2D eigenvalue weighted by Crippen LogP contribution is 2.39. The molecule has 9 rings (SSSR count). The van der Waals surface area contributed by atoms with Crippen molar-refractivity contribution in [2.75, 3.05) is 52.9 Å². The van der Waals surface area contributed by atoms with Crippen LogP contribution in [0, 0.1) is 0 Å². The monoisotopic (exact) mass is 1580 g/mol. The lowest BCUT2D eigenvalue weighted by Crippen LogP contribution is -2.71. The number of aliphatic hydroxyl groups excluding tert-OH is 25. The minimum atomic E-state index is -2.55. The normalized spacial score (nSPS) is 50.4. The maximum Gasteiger partial charge on any atom is 0.217 e. The van der Waals surface area contributed by atoms with Gasteiger partial charge < -0.3 is 224 Å². The number of carbonyl (C=O) groups excluding carboxylic acids is 3. The zero-order valence-electron chi connectivity index (χ0n) is 58.0. The molecule has 0 aromatic heterocycles. The molecule has 28 N–H and O–H groups in total. The van der Waals surface area contributed by atoms with Crippen LogP contribution in [-0.4, -0.2) is 474 Å². The molecule has 0 aliphatic carbocycles. The summed E-state index contributed by atoms with van der Waals surface area (Å²) in [6, 6.07) is -5.63. The molecule has 9 aliphatic heterocycles. The lowest BCUT2D eigenvalue weighted by atomic mass is 9.93. The van der Waals surface area contributed by atoms with Gasteiger partial charge in [0.2, 0.25) is 17.7 Å². The molecule has 3 amide bonds. The lowest BCUT2D eigenvalue weighted by molar-refractivity contribution is -0.398. The molecule has 9 saturated heterocycles. The second-order valence-electron chi connectivity index (χ2n) is 27.5. The van der Waals surface area contributed by atoms with Crippen LogP contribution in [0.2, 0.25) is 0 Å². The molecule has 1 unspecified atom stereocenters. The van der Waals surface area contributed by atoms with Gasteiger partial charge in [-0.15, -0.1) is 0 Å². The van der Waals surface area contributed by atoms with Crippen molar-refractivity contribution in [1.82, 2.24) is 16.0 Å². The SMILES string of the molecule is CC(=O)N[C@H]1[C@H](O[C@H]2[C@H](O)[C@@H](NC(C)=O)C(O)O[C@@H]2CO[C@@H]2O[C@@H](C)[C@@H](O)[C@@H](O)[C@@H]2O)O[C@H](CO)[C@@H](O[C@H]2O[C@H](CO[C@H]3O[C@H](CO)[C@@H](O)[C@H](O[C@H]4O[C@H](CO)[C@@H](O)[C@H](O)[C@@H]4O)[C@@H]3O)[C@@H](O)[C@H](O[C@H]3O[C@H](CO)[C@@H](O)[C@H](O)[C@@H]3O[C@@H]3O[C@H](CO)[C@@H](O[C@@H]4O[C@H](CO)[C@H](O)[C@H](O)[C@H]4O)[C@H](O)[C@H]3NC(C)=O)[C@@H]2O)[C@@H]1O. The summed E-state index contributed by atoms with van der Waals surface area (Å²) in [5.74, 6) is -2.73. The third kappa shape index (κ3) is 19.3. The Labute approximate surface area is 611 Å². The summed E-state index contributed by atoms with van der Waals surface area (Å²) in [6.45, 7) is -4.26. The van der Waals surface area contributed by atoms with Crippen LogP contribution in [0.1, 0.15) is 27.7 Å². The topological polar surface area (TPSA) is 750 Å². The minimum absolute atomic E-state index is 0.823. The first-order chi connectivity index (χ1) is 51.0. The highest BCUT2D eigenvalue weighted by Gasteiger charge is 2.60. The summed E-state index contributed by atoms with van der Waals surface area (Å²) in [4.78, 5) is 38.4. The number of rotatable bonds is 27. The van der Waals surface area contributed by atoms with Crippen molar-refractivity contribution in [2.45, 2.75) is 304 Å². The van der Waals surface area contributed by atoms with E-state index in [0.717, 1.165) is 20.8 Å². The van der Waals surface area contributed by atoms with Crippen LogP contribution in [0.25, 0.3) is 0 Å². The van der Waals surface area contributed by atoms with Gasteiger partial charge in [0, 0.05) is 20.8 Å². The molecular formula is C60H101N3O45. The molecule has 48 heteroatoms. The summed E-state index contributed by atoms with van der Waals surface area (Å²) < 4.78 is 99.6. The zero-order chi connectivity index (χ0) is 79.5. The van der Waals surface area contributed by atoms with Gasteiger partial charge in [-0.3, -0.25) is 14.4 Å². The first-order valence-electron chi connectivity index (χ1n) is 34.5. The number of carbonyl (C=O) groups is 3. The third-order valence-electron chi connectivity index (χ3n) is 19.9. The minimum Gasteiger partial charge on any atom is -0.394 e. The summed E-state index contributed by atoms with van der Waals surface area (Å²) in [5, 5.41) is 283. The van der Waals surface area contributed by atoms with E-state index in [-0.39, 0.29) is 0 Å². The molecular weight excluding hydrogens is 1480 g/mol. The fraction of sp³-hybridized carbons (Fsp3) is 0.950. The van der Waals surface area contributed by atoms with Crippen molar-refractivity contribution in [3.05, 3.63) is 0 Å². The molecule has 48 nitrogen and oxygen atoms in total. The van der Waals surface area contributed by atoms with Crippen LogP contribution in [0.5, 0.6) is 0 Å². The Hall–Kier alpha value is -3.27. The van der Waals surface area contributed by atoms with E-state index in [9.17, 15) is 142 Å². The van der Waals surface area contributed by atoms with Gasteiger partial charge in [0.1, 0.15) is 213 Å². The van der Waals surface area contributed by atoms with Gasteiger partial charge in [-0.2, -0.15) is 0 Å². The van der Waals surface area contributed by atoms with Gasteiger partial charge in [-0.05, 0) is 6.92 Å². The fourth-order valence-corrected chi connectivity index (χ4v) is 13.9. The van der Waals surface area contributed by atoms with Crippen molar-refractivity contribution in [3.63, 3.8) is 0 Å². The second-order valence-corrected chi connectivity index (χ2v) is 27.5. The summed E-state index contributed by atoms with van der Waals surface area (Å²) >= 11 is 0. The predicted octanol–water partition coefficient (Wildman–Crippen LogP) is -19.2. The van der Waals surface area contributed by atoms with Crippen LogP contribution < -0.4 is 16.0 Å². The molecule has 9 aliphatic rings. The number of amides is 3. The lowest BCUT2D eigenvalue weighted by Gasteiger charge is -2.51. The van der Waals surface area contributed by atoms with Crippen LogP contribution in [0.3, 0.4) is 0 Å². The Morgan fingerprint density at radius 1 is 0.259 bits per heavy atom. The van der Waals surface area contributed by atoms with E-state index < -0.39 is 347 Å². The molecule has 0 spiro atoms. The smallest absolute Gasteiger partial charge is 0.217 e. The summed E-state index contributed by atoms with van der Waals surface area (Å²) in [7, 11) is 0. The predicted molar refractivity (Wildman–Crippen MR) is 330 cm³/mol. The number of nitrogens with one attached hydrogen (secondary N) is 3. The highest BCUT2D eigenvalue weighted by molar-refractivity contribution is 5.74. The number of hydrogen-bond donors (Lipinski definition) is 28. The van der Waals surface area contributed by atoms with Gasteiger partial charge in [-0.1, -0.05) is 0 Å². The quantitative estimate of drug-likeness (QED) is 0.0363. The average Bonchev–Trinajstić information content (AvgIpc) is 0.762. The van der Waals surface area contributed by atoms with Crippen LogP contribution >= 0.6 is 0 Å². The molecule has 9 heterocycles. The van der Waals surface area contributed by atoms with E-state index in [0.29, 0.717) is 0 Å². The molecule has 0 saturated carbocycles. The zero-order valence-corrected chi connectivity index (χ0v) is 58.0. The second kappa shape index (κ2) is 38.5. The summed E-state index contributed by atoms with van der Waals surface area (Å²) in [6.07, 6.45) is -85.2. The Kier molecular flexibility index (Phi) is 31.6. The van der Waals surface area contributed by atoms with Crippen molar-refractivity contribution >= 4 is 17.7 Å². The van der Waals surface area contributed by atoms with E-state index in [2.05, 4.69) is 16.0 Å². The first-order valence-corrected chi connectivity index (χ1v) is 34.5. The van der Waals surface area contributed by atoms with Crippen molar-refractivity contribution in [2.24, 2.45) is 0 Å². The molecule has 0 bridgehead atoms. The van der Waals surface area contributed by atoms with Gasteiger partial charge >= 0.3 is 0 Å². The first kappa shape index (κ1) is 88.7. The Morgan fingerprint density at radius 2 is 0.556 bits per heavy atom. The van der Waals surface area contributed by atoms with Crippen LogP contribution in [-0.2, 0) is 94.9 Å². The molecule has 0 aromatic carbocycles. The van der Waals surface area contributed by atoms with Gasteiger partial charge in [0.05, 0.1) is 59.0 Å². The van der Waals surface area contributed by atoms with E-state index in [4.69, 9.17) is 80.5 Å². The molecule has 0 radical (unpaired) electrons. The Balaban J connectivity index is 1.03. The maximum atomic E-state index is 13.1. The molecule has 0 aromatic rings. The Morgan fingerprint density at radius 3 is 1.02 bits per heavy atom. The Bertz CT molecular complexity index is 2820. The number of aliphatic hydroxyl groups is 25. The number of hydrogen-bond acceptors (Lipinski definition) is 45. The average molecular weight is 1580 g/mol. The van der Waals surface area contributed by atoms with E-state index in [1.807, 2.05) is 0 Å². The van der Waals surface area contributed by atoms with Crippen molar-refractivity contribution in [1.29, 1.82) is 0 Å². The molecule has 9 fully saturated rings. The largest absolute Gasteiger partial charge is 0.394 e. The molecule has 626 valence electrons.